The quantitative estimate of drug-likeness (QED) is 0.442. The fourth-order valence-electron chi connectivity index (χ4n) is 0.977. The second-order valence-electron chi connectivity index (χ2n) is 4.27. The molecule has 1 aromatic rings. The highest BCUT2D eigenvalue weighted by atomic mass is 79.9. The molecule has 0 atom stereocenters. The van der Waals surface area contributed by atoms with Crippen LogP contribution in [0.4, 0.5) is 0 Å². The topological polar surface area (TPSA) is 0 Å². The largest absolute Gasteiger partial charge is 0.131 e. The van der Waals surface area contributed by atoms with Gasteiger partial charge in [0.1, 0.15) is 8.07 Å². The zero-order valence-electron chi connectivity index (χ0n) is 9.30. The summed E-state index contributed by atoms with van der Waals surface area (Å²) in [6.45, 7) is 6.80. The molecule has 3 heteroatoms. The highest BCUT2D eigenvalue weighted by molar-refractivity contribution is 9.10. The van der Waals surface area contributed by atoms with E-state index in [0.29, 0.717) is 0 Å². The second-order valence-corrected chi connectivity index (χ2v) is 10.9. The van der Waals surface area contributed by atoms with Crippen molar-refractivity contribution < 1.29 is 0 Å². The third-order valence-corrected chi connectivity index (χ3v) is 4.44. The zero-order valence-corrected chi connectivity index (χ0v) is 12.7. The standard InChI is InChI=1S/C12H15BrSSi/c1-15(2,3)10-6-9-14-12-8-5-4-7-11(12)13/h4-5,7-8H,9H2,1-3H3. The van der Waals surface area contributed by atoms with E-state index in [1.165, 1.54) is 4.90 Å². The fourth-order valence-corrected chi connectivity index (χ4v) is 3.03. The van der Waals surface area contributed by atoms with Gasteiger partial charge in [-0.3, -0.25) is 0 Å². The molecule has 0 aliphatic heterocycles. The lowest BCUT2D eigenvalue weighted by Crippen LogP contribution is -2.16. The molecule has 0 heterocycles. The number of benzene rings is 1. The van der Waals surface area contributed by atoms with E-state index in [1.807, 2.05) is 6.07 Å². The molecule has 1 aromatic carbocycles. The molecule has 0 aromatic heterocycles. The Morgan fingerprint density at radius 2 is 1.93 bits per heavy atom. The van der Waals surface area contributed by atoms with Crippen LogP contribution in [-0.4, -0.2) is 13.8 Å². The molecule has 0 aliphatic carbocycles. The van der Waals surface area contributed by atoms with Crippen LogP contribution in [0.2, 0.25) is 19.6 Å². The van der Waals surface area contributed by atoms with Crippen molar-refractivity contribution >= 4 is 35.8 Å². The molecular weight excluding hydrogens is 284 g/mol. The molecule has 0 radical (unpaired) electrons. The Morgan fingerprint density at radius 3 is 2.53 bits per heavy atom. The average molecular weight is 299 g/mol. The fraction of sp³-hybridized carbons (Fsp3) is 0.333. The predicted molar refractivity (Wildman–Crippen MR) is 76.0 cm³/mol. The van der Waals surface area contributed by atoms with E-state index in [0.717, 1.165) is 10.2 Å². The first-order valence-corrected chi connectivity index (χ1v) is 10.1. The lowest BCUT2D eigenvalue weighted by atomic mass is 10.4. The molecule has 0 spiro atoms. The van der Waals surface area contributed by atoms with Crippen molar-refractivity contribution in [3.05, 3.63) is 28.7 Å². The van der Waals surface area contributed by atoms with E-state index in [-0.39, 0.29) is 0 Å². The molecule has 0 unspecified atom stereocenters. The summed E-state index contributed by atoms with van der Waals surface area (Å²) < 4.78 is 1.16. The van der Waals surface area contributed by atoms with Gasteiger partial charge in [-0.05, 0) is 28.1 Å². The first kappa shape index (κ1) is 12.9. The van der Waals surface area contributed by atoms with Crippen molar-refractivity contribution in [1.29, 1.82) is 0 Å². The molecule has 1 rings (SSSR count). The summed E-state index contributed by atoms with van der Waals surface area (Å²) in [5, 5.41) is 0. The van der Waals surface area contributed by atoms with Gasteiger partial charge in [0.25, 0.3) is 0 Å². The van der Waals surface area contributed by atoms with E-state index >= 15 is 0 Å². The summed E-state index contributed by atoms with van der Waals surface area (Å²) >= 11 is 5.32. The van der Waals surface area contributed by atoms with Crippen molar-refractivity contribution in [2.24, 2.45) is 0 Å². The van der Waals surface area contributed by atoms with Crippen molar-refractivity contribution in [2.75, 3.05) is 5.75 Å². The van der Waals surface area contributed by atoms with Gasteiger partial charge in [-0.1, -0.05) is 37.7 Å². The van der Waals surface area contributed by atoms with Crippen LogP contribution in [0.25, 0.3) is 0 Å². The van der Waals surface area contributed by atoms with Crippen molar-refractivity contribution in [3.63, 3.8) is 0 Å². The maximum Gasteiger partial charge on any atom is 0.129 e. The first-order valence-electron chi connectivity index (χ1n) is 4.86. The smallest absolute Gasteiger partial charge is 0.129 e. The Hall–Kier alpha value is -0.173. The summed E-state index contributed by atoms with van der Waals surface area (Å²) in [4.78, 5) is 1.27. The molecule has 0 fully saturated rings. The number of halogens is 1. The summed E-state index contributed by atoms with van der Waals surface area (Å²) in [6, 6.07) is 8.26. The van der Waals surface area contributed by atoms with Gasteiger partial charge in [0.15, 0.2) is 0 Å². The molecule has 0 saturated heterocycles. The summed E-state index contributed by atoms with van der Waals surface area (Å²) in [7, 11) is -1.20. The predicted octanol–water partition coefficient (Wildman–Crippen LogP) is 4.42. The van der Waals surface area contributed by atoms with E-state index in [9.17, 15) is 0 Å². The van der Waals surface area contributed by atoms with Gasteiger partial charge in [-0.15, -0.1) is 17.3 Å². The van der Waals surface area contributed by atoms with Crippen molar-refractivity contribution in [3.8, 4) is 11.5 Å². The Bertz CT molecular complexity index is 385. The number of hydrogen-bond donors (Lipinski definition) is 0. The Morgan fingerprint density at radius 1 is 1.27 bits per heavy atom. The second kappa shape index (κ2) is 5.79. The summed E-state index contributed by atoms with van der Waals surface area (Å²) in [5.41, 5.74) is 3.36. The Kier molecular flexibility index (Phi) is 4.97. The van der Waals surface area contributed by atoms with Crippen LogP contribution in [0.15, 0.2) is 33.6 Å². The van der Waals surface area contributed by atoms with Crippen LogP contribution in [0.3, 0.4) is 0 Å². The van der Waals surface area contributed by atoms with Gasteiger partial charge in [0, 0.05) is 9.37 Å². The molecule has 0 aliphatic rings. The van der Waals surface area contributed by atoms with Crippen LogP contribution < -0.4 is 0 Å². The first-order chi connectivity index (χ1) is 6.99. The highest BCUT2D eigenvalue weighted by Gasteiger charge is 2.07. The Balaban J connectivity index is 2.51. The third kappa shape index (κ3) is 5.46. The van der Waals surface area contributed by atoms with Crippen LogP contribution in [-0.2, 0) is 0 Å². The lowest BCUT2D eigenvalue weighted by molar-refractivity contribution is 1.41. The molecule has 0 nitrogen and oxygen atoms in total. The highest BCUT2D eigenvalue weighted by Crippen LogP contribution is 2.26. The molecular formula is C12H15BrSSi. The van der Waals surface area contributed by atoms with Crippen molar-refractivity contribution in [1.82, 2.24) is 0 Å². The van der Waals surface area contributed by atoms with Gasteiger partial charge in [-0.25, -0.2) is 0 Å². The summed E-state index contributed by atoms with van der Waals surface area (Å²) in [6.07, 6.45) is 0. The van der Waals surface area contributed by atoms with Crippen LogP contribution in [0.1, 0.15) is 0 Å². The number of hydrogen-bond acceptors (Lipinski definition) is 1. The van der Waals surface area contributed by atoms with E-state index in [1.54, 1.807) is 11.8 Å². The number of rotatable bonds is 2. The van der Waals surface area contributed by atoms with E-state index in [4.69, 9.17) is 0 Å². The lowest BCUT2D eigenvalue weighted by Gasteiger charge is -2.03. The minimum Gasteiger partial charge on any atom is -0.131 e. The van der Waals surface area contributed by atoms with Crippen molar-refractivity contribution in [2.45, 2.75) is 24.5 Å². The van der Waals surface area contributed by atoms with Gasteiger partial charge in [-0.2, -0.15) is 0 Å². The monoisotopic (exact) mass is 298 g/mol. The van der Waals surface area contributed by atoms with Gasteiger partial charge >= 0.3 is 0 Å². The van der Waals surface area contributed by atoms with Crippen LogP contribution in [0, 0.1) is 11.5 Å². The normalized spacial score (nSPS) is 10.7. The Labute approximate surface area is 106 Å². The minimum absolute atomic E-state index is 0.882. The third-order valence-electron chi connectivity index (χ3n) is 1.60. The van der Waals surface area contributed by atoms with Crippen LogP contribution >= 0.6 is 27.7 Å². The molecule has 0 saturated carbocycles. The van der Waals surface area contributed by atoms with E-state index < -0.39 is 8.07 Å². The number of thioether (sulfide) groups is 1. The molecule has 0 N–H and O–H groups in total. The molecule has 15 heavy (non-hydrogen) atoms. The summed E-state index contributed by atoms with van der Waals surface area (Å²) in [5.74, 6) is 4.14. The minimum atomic E-state index is -1.20. The van der Waals surface area contributed by atoms with Gasteiger partial charge < -0.3 is 0 Å². The molecule has 0 amide bonds. The SMILES string of the molecule is C[Si](C)(C)C#CCSc1ccccc1Br. The van der Waals surface area contributed by atoms with E-state index in [2.05, 4.69) is 65.2 Å². The zero-order chi connectivity index (χ0) is 11.3. The molecule has 80 valence electrons. The van der Waals surface area contributed by atoms with Crippen LogP contribution in [0.5, 0.6) is 0 Å². The van der Waals surface area contributed by atoms with Gasteiger partial charge in [0.05, 0.1) is 5.75 Å². The maximum atomic E-state index is 3.53. The molecule has 0 bridgehead atoms. The average Bonchev–Trinajstić information content (AvgIpc) is 2.13. The van der Waals surface area contributed by atoms with Gasteiger partial charge in [0.2, 0.25) is 0 Å². The maximum absolute atomic E-state index is 3.53.